The summed E-state index contributed by atoms with van der Waals surface area (Å²) in [6, 6.07) is 13.4. The molecule has 1 heterocycles. The van der Waals surface area contributed by atoms with Gasteiger partial charge in [-0.2, -0.15) is 0 Å². The van der Waals surface area contributed by atoms with Crippen molar-refractivity contribution >= 4 is 44.7 Å². The number of nitrogens with zero attached hydrogens (tertiary/aromatic N) is 1. The van der Waals surface area contributed by atoms with Gasteiger partial charge in [0.1, 0.15) is 0 Å². The van der Waals surface area contributed by atoms with Crippen molar-refractivity contribution in [2.75, 3.05) is 11.3 Å². The number of imide groups is 1. The van der Waals surface area contributed by atoms with E-state index in [0.717, 1.165) is 48.6 Å². The van der Waals surface area contributed by atoms with Gasteiger partial charge in [-0.05, 0) is 72.8 Å². The lowest BCUT2D eigenvalue weighted by molar-refractivity contribution is -0.124. The zero-order valence-corrected chi connectivity index (χ0v) is 20.5. The molecule has 1 saturated heterocycles. The van der Waals surface area contributed by atoms with Crippen molar-refractivity contribution in [3.05, 3.63) is 64.6 Å². The number of amides is 2. The molecule has 2 aromatic carbocycles. The lowest BCUT2D eigenvalue weighted by atomic mass is 9.75. The first-order chi connectivity index (χ1) is 15.7. The smallest absolute Gasteiger partial charge is 0.280 e. The summed E-state index contributed by atoms with van der Waals surface area (Å²) in [7, 11) is -3.68. The molecule has 1 N–H and O–H groups in total. The Bertz CT molecular complexity index is 1180. The Morgan fingerprint density at radius 1 is 1.00 bits per heavy atom. The second-order valence-corrected chi connectivity index (χ2v) is 11.9. The highest BCUT2D eigenvalue weighted by atomic mass is 32.2. The van der Waals surface area contributed by atoms with Gasteiger partial charge >= 0.3 is 0 Å². The molecule has 2 amide bonds. The number of thioether (sulfide) groups is 1. The van der Waals surface area contributed by atoms with Crippen LogP contribution >= 0.6 is 11.8 Å². The zero-order chi connectivity index (χ0) is 23.6. The highest BCUT2D eigenvalue weighted by Gasteiger charge is 2.40. The van der Waals surface area contributed by atoms with Crippen molar-refractivity contribution in [1.29, 1.82) is 0 Å². The van der Waals surface area contributed by atoms with Gasteiger partial charge < -0.3 is 0 Å². The first-order valence-electron chi connectivity index (χ1n) is 11.1. The summed E-state index contributed by atoms with van der Waals surface area (Å²) in [6.07, 6.45) is 7.26. The van der Waals surface area contributed by atoms with E-state index in [1.165, 1.54) is 11.3 Å². The van der Waals surface area contributed by atoms with Crippen LogP contribution in [0.2, 0.25) is 0 Å². The SMILES string of the molecule is Cc1ccc(S(=O)(=O)Nc2ccc(C=C3SC(=O)N(CC4(C)CCCCC4)C3=O)cc2)cc1. The molecule has 0 aromatic heterocycles. The Morgan fingerprint density at radius 3 is 2.27 bits per heavy atom. The molecule has 0 bridgehead atoms. The van der Waals surface area contributed by atoms with Gasteiger partial charge in [0.2, 0.25) is 0 Å². The van der Waals surface area contributed by atoms with E-state index < -0.39 is 10.0 Å². The van der Waals surface area contributed by atoms with Gasteiger partial charge in [-0.1, -0.05) is 56.0 Å². The van der Waals surface area contributed by atoms with Gasteiger partial charge in [-0.15, -0.1) is 0 Å². The first kappa shape index (κ1) is 23.6. The van der Waals surface area contributed by atoms with Crippen LogP contribution in [-0.2, 0) is 14.8 Å². The second-order valence-electron chi connectivity index (χ2n) is 9.18. The van der Waals surface area contributed by atoms with Crippen LogP contribution in [0.25, 0.3) is 6.08 Å². The topological polar surface area (TPSA) is 83.6 Å². The van der Waals surface area contributed by atoms with Crippen LogP contribution in [0.4, 0.5) is 10.5 Å². The van der Waals surface area contributed by atoms with Crippen molar-refractivity contribution in [3.8, 4) is 0 Å². The summed E-state index contributed by atoms with van der Waals surface area (Å²) in [4.78, 5) is 27.4. The van der Waals surface area contributed by atoms with Gasteiger partial charge in [-0.3, -0.25) is 19.2 Å². The van der Waals surface area contributed by atoms with Crippen LogP contribution in [0.3, 0.4) is 0 Å². The Kier molecular flexibility index (Phi) is 6.68. The molecule has 174 valence electrons. The number of carbonyl (C=O) groups excluding carboxylic acids is 2. The van der Waals surface area contributed by atoms with Crippen molar-refractivity contribution in [2.45, 2.75) is 50.8 Å². The van der Waals surface area contributed by atoms with Crippen LogP contribution in [0.15, 0.2) is 58.3 Å². The molecule has 2 aromatic rings. The van der Waals surface area contributed by atoms with E-state index in [2.05, 4.69) is 11.6 Å². The standard InChI is InChI=1S/C25H28N2O4S2/c1-18-6-12-21(13-7-18)33(30,31)26-20-10-8-19(9-11-20)16-22-23(28)27(24(29)32-22)17-25(2)14-4-3-5-15-25/h6-13,16,26H,3-5,14-15,17H2,1-2H3. The average Bonchev–Trinajstić information content (AvgIpc) is 3.03. The van der Waals surface area contributed by atoms with E-state index in [1.807, 2.05) is 6.92 Å². The molecule has 4 rings (SSSR count). The number of hydrogen-bond acceptors (Lipinski definition) is 5. The lowest BCUT2D eigenvalue weighted by Gasteiger charge is -2.35. The summed E-state index contributed by atoms with van der Waals surface area (Å²) >= 11 is 0.964. The fourth-order valence-electron chi connectivity index (χ4n) is 4.31. The number of hydrogen-bond donors (Lipinski definition) is 1. The number of sulfonamides is 1. The molecule has 0 spiro atoms. The number of aryl methyl sites for hydroxylation is 1. The largest absolute Gasteiger partial charge is 0.293 e. The summed E-state index contributed by atoms with van der Waals surface area (Å²) in [5.41, 5.74) is 2.12. The number of anilines is 1. The molecule has 2 fully saturated rings. The van der Waals surface area contributed by atoms with Crippen molar-refractivity contribution in [1.82, 2.24) is 4.90 Å². The fraction of sp³-hybridized carbons (Fsp3) is 0.360. The highest BCUT2D eigenvalue weighted by molar-refractivity contribution is 8.18. The normalized spacial score (nSPS) is 19.8. The average molecular weight is 485 g/mol. The molecular formula is C25H28N2O4S2. The summed E-state index contributed by atoms with van der Waals surface area (Å²) < 4.78 is 27.7. The molecule has 8 heteroatoms. The van der Waals surface area contributed by atoms with Gasteiger partial charge in [0.05, 0.1) is 9.80 Å². The van der Waals surface area contributed by atoms with Crippen LogP contribution in [-0.4, -0.2) is 31.0 Å². The molecule has 0 atom stereocenters. The molecule has 6 nitrogen and oxygen atoms in total. The van der Waals surface area contributed by atoms with Crippen molar-refractivity contribution in [2.24, 2.45) is 5.41 Å². The summed E-state index contributed by atoms with van der Waals surface area (Å²) in [5.74, 6) is -0.249. The fourth-order valence-corrected chi connectivity index (χ4v) is 6.21. The maximum Gasteiger partial charge on any atom is 0.293 e. The molecular weight excluding hydrogens is 456 g/mol. The summed E-state index contributed by atoms with van der Waals surface area (Å²) in [6.45, 7) is 4.53. The second kappa shape index (κ2) is 9.35. The number of nitrogens with one attached hydrogen (secondary N) is 1. The molecule has 1 aliphatic heterocycles. The van der Waals surface area contributed by atoms with E-state index in [9.17, 15) is 18.0 Å². The molecule has 2 aliphatic rings. The van der Waals surface area contributed by atoms with Crippen LogP contribution in [0.5, 0.6) is 0 Å². The Hall–Kier alpha value is -2.58. The van der Waals surface area contributed by atoms with Gasteiger partial charge in [-0.25, -0.2) is 8.42 Å². The summed E-state index contributed by atoms with van der Waals surface area (Å²) in [5, 5.41) is -0.222. The third-order valence-electron chi connectivity index (χ3n) is 6.27. The minimum absolute atomic E-state index is 0.00413. The molecule has 1 aliphatic carbocycles. The third-order valence-corrected chi connectivity index (χ3v) is 8.57. The Morgan fingerprint density at radius 2 is 1.64 bits per heavy atom. The van der Waals surface area contributed by atoms with E-state index in [-0.39, 0.29) is 21.5 Å². The van der Waals surface area contributed by atoms with Crippen molar-refractivity contribution in [3.63, 3.8) is 0 Å². The van der Waals surface area contributed by atoms with Crippen LogP contribution < -0.4 is 4.72 Å². The van der Waals surface area contributed by atoms with Crippen molar-refractivity contribution < 1.29 is 18.0 Å². The quantitative estimate of drug-likeness (QED) is 0.524. The van der Waals surface area contributed by atoms with Crippen LogP contribution in [0.1, 0.15) is 50.2 Å². The van der Waals surface area contributed by atoms with Gasteiger partial charge in [0.15, 0.2) is 0 Å². The zero-order valence-electron chi connectivity index (χ0n) is 18.8. The molecule has 1 saturated carbocycles. The van der Waals surface area contributed by atoms with E-state index in [0.29, 0.717) is 17.1 Å². The predicted octanol–water partition coefficient (Wildman–Crippen LogP) is 5.80. The van der Waals surface area contributed by atoms with E-state index in [1.54, 1.807) is 54.6 Å². The highest BCUT2D eigenvalue weighted by Crippen LogP contribution is 2.40. The third kappa shape index (κ3) is 5.50. The van der Waals surface area contributed by atoms with E-state index in [4.69, 9.17) is 0 Å². The Labute approximate surface area is 199 Å². The maximum atomic E-state index is 12.9. The predicted molar refractivity (Wildman–Crippen MR) is 132 cm³/mol. The number of rotatable bonds is 6. The monoisotopic (exact) mass is 484 g/mol. The Balaban J connectivity index is 1.44. The lowest BCUT2D eigenvalue weighted by Crippen LogP contribution is -2.39. The maximum absolute atomic E-state index is 12.9. The minimum Gasteiger partial charge on any atom is -0.280 e. The van der Waals surface area contributed by atoms with Gasteiger partial charge in [0, 0.05) is 12.2 Å². The molecule has 33 heavy (non-hydrogen) atoms. The number of carbonyl (C=O) groups is 2. The first-order valence-corrected chi connectivity index (χ1v) is 13.4. The van der Waals surface area contributed by atoms with Gasteiger partial charge in [0.25, 0.3) is 21.2 Å². The number of benzene rings is 2. The molecule has 0 radical (unpaired) electrons. The molecule has 0 unspecified atom stereocenters. The van der Waals surface area contributed by atoms with Crippen LogP contribution in [0, 0.1) is 12.3 Å². The van der Waals surface area contributed by atoms with E-state index >= 15 is 0 Å². The minimum atomic E-state index is -3.68.